The molecule has 3 amide bonds. The monoisotopic (exact) mass is 591 g/mol. The maximum atomic E-state index is 13.7. The maximum Gasteiger partial charge on any atom is 0.338 e. The smallest absolute Gasteiger partial charge is 0.338 e. The van der Waals surface area contributed by atoms with Gasteiger partial charge in [0.2, 0.25) is 5.91 Å². The third-order valence-electron chi connectivity index (χ3n) is 6.27. The molecule has 0 unspecified atom stereocenters. The van der Waals surface area contributed by atoms with Crippen LogP contribution in [0.15, 0.2) is 77.7 Å². The summed E-state index contributed by atoms with van der Waals surface area (Å²) >= 11 is 12.8. The minimum Gasteiger partial charge on any atom is -0.462 e. The summed E-state index contributed by atoms with van der Waals surface area (Å²) in [6.07, 6.45) is 0. The van der Waals surface area contributed by atoms with Gasteiger partial charge in [0.25, 0.3) is 11.8 Å². The number of benzene rings is 3. The highest BCUT2D eigenvalue weighted by molar-refractivity contribution is 8.26. The largest absolute Gasteiger partial charge is 0.462 e. The Kier molecular flexibility index (Phi) is 8.02. The molecule has 1 N–H and O–H groups in total. The number of fused-ring (bicyclic) bond motifs is 1. The molecule has 1 saturated heterocycles. The van der Waals surface area contributed by atoms with Crippen LogP contribution in [-0.4, -0.2) is 46.1 Å². The van der Waals surface area contributed by atoms with Crippen LogP contribution < -0.4 is 10.2 Å². The highest BCUT2D eigenvalue weighted by Crippen LogP contribution is 2.45. The summed E-state index contributed by atoms with van der Waals surface area (Å²) < 4.78 is 5.29. The molecule has 0 bridgehead atoms. The summed E-state index contributed by atoms with van der Waals surface area (Å²) in [5.74, 6) is -1.75. The van der Waals surface area contributed by atoms with Crippen molar-refractivity contribution >= 4 is 80.5 Å². The molecule has 0 aromatic heterocycles. The predicted octanol–water partition coefficient (Wildman–Crippen LogP) is 5.27. The van der Waals surface area contributed by atoms with Crippen molar-refractivity contribution in [2.24, 2.45) is 0 Å². The molecule has 3 aromatic carbocycles. The molecule has 40 heavy (non-hydrogen) atoms. The molecule has 2 aliphatic heterocycles. The van der Waals surface area contributed by atoms with Crippen molar-refractivity contribution in [2.45, 2.75) is 13.5 Å². The van der Waals surface area contributed by atoms with Crippen LogP contribution in [0.2, 0.25) is 5.02 Å². The molecule has 202 valence electrons. The zero-order valence-corrected chi connectivity index (χ0v) is 23.6. The lowest BCUT2D eigenvalue weighted by atomic mass is 10.1. The Hall–Kier alpha value is -3.99. The first kappa shape index (κ1) is 27.6. The lowest BCUT2D eigenvalue weighted by Gasteiger charge is -2.17. The second kappa shape index (κ2) is 11.6. The Balaban J connectivity index is 1.37. The molecule has 2 aliphatic rings. The van der Waals surface area contributed by atoms with E-state index in [0.29, 0.717) is 31.8 Å². The average Bonchev–Trinajstić information content (AvgIpc) is 3.37. The van der Waals surface area contributed by atoms with Gasteiger partial charge in [-0.2, -0.15) is 0 Å². The van der Waals surface area contributed by atoms with E-state index < -0.39 is 17.8 Å². The number of carbonyl (C=O) groups excluding carboxylic acids is 4. The number of thiocarbonyl (C=S) groups is 1. The van der Waals surface area contributed by atoms with Gasteiger partial charge in [-0.3, -0.25) is 24.2 Å². The fraction of sp³-hybridized carbons (Fsp3) is 0.138. The molecule has 8 nitrogen and oxygen atoms in total. The van der Waals surface area contributed by atoms with Gasteiger partial charge in [0.05, 0.1) is 34.9 Å². The van der Waals surface area contributed by atoms with Crippen molar-refractivity contribution in [1.82, 2.24) is 4.90 Å². The van der Waals surface area contributed by atoms with E-state index in [0.717, 1.165) is 17.3 Å². The van der Waals surface area contributed by atoms with Crippen molar-refractivity contribution in [3.8, 4) is 0 Å². The van der Waals surface area contributed by atoms with Gasteiger partial charge in [0, 0.05) is 16.3 Å². The molecule has 0 spiro atoms. The first-order valence-corrected chi connectivity index (χ1v) is 13.9. The maximum absolute atomic E-state index is 13.7. The van der Waals surface area contributed by atoms with Gasteiger partial charge in [0.15, 0.2) is 0 Å². The van der Waals surface area contributed by atoms with E-state index in [1.165, 1.54) is 9.80 Å². The van der Waals surface area contributed by atoms with E-state index >= 15 is 0 Å². The van der Waals surface area contributed by atoms with E-state index in [1.807, 2.05) is 12.1 Å². The summed E-state index contributed by atoms with van der Waals surface area (Å²) in [6.45, 7) is 1.88. The molecule has 0 aliphatic carbocycles. The second-order valence-electron chi connectivity index (χ2n) is 8.81. The number of para-hydroxylation sites is 1. The van der Waals surface area contributed by atoms with Gasteiger partial charge in [-0.05, 0) is 48.9 Å². The Morgan fingerprint density at radius 3 is 2.38 bits per heavy atom. The van der Waals surface area contributed by atoms with Crippen LogP contribution in [0.5, 0.6) is 0 Å². The van der Waals surface area contributed by atoms with Gasteiger partial charge in [-0.15, -0.1) is 0 Å². The molecule has 2 heterocycles. The van der Waals surface area contributed by atoms with Crippen molar-refractivity contribution in [2.75, 3.05) is 23.4 Å². The first-order chi connectivity index (χ1) is 19.3. The summed E-state index contributed by atoms with van der Waals surface area (Å²) in [5, 5.41) is 3.26. The van der Waals surface area contributed by atoms with Crippen LogP contribution in [0.3, 0.4) is 0 Å². The first-order valence-electron chi connectivity index (χ1n) is 12.3. The van der Waals surface area contributed by atoms with E-state index in [9.17, 15) is 19.2 Å². The number of ether oxygens (including phenoxy) is 1. The second-order valence-corrected chi connectivity index (χ2v) is 10.9. The molecule has 3 aromatic rings. The Labute approximate surface area is 244 Å². The van der Waals surface area contributed by atoms with E-state index in [-0.39, 0.29) is 36.1 Å². The summed E-state index contributed by atoms with van der Waals surface area (Å²) in [5.41, 5.74) is 2.84. The van der Waals surface area contributed by atoms with Crippen LogP contribution in [-0.2, 0) is 25.7 Å². The number of carbonyl (C=O) groups is 4. The van der Waals surface area contributed by atoms with E-state index in [1.54, 1.807) is 67.6 Å². The molecule has 0 saturated carbocycles. The number of halogens is 1. The Morgan fingerprint density at radius 2 is 1.65 bits per heavy atom. The topological polar surface area (TPSA) is 96.0 Å². The van der Waals surface area contributed by atoms with Gasteiger partial charge < -0.3 is 10.1 Å². The SMILES string of the molecule is CCOC(=O)c1ccc(NC(=O)CN2C(=O)C(=C3SC(=S)N(Cc4ccccc4Cl)C3=O)c3ccccc32)cc1. The number of thioether (sulfide) groups is 1. The summed E-state index contributed by atoms with van der Waals surface area (Å²) in [7, 11) is 0. The van der Waals surface area contributed by atoms with E-state index in [2.05, 4.69) is 5.32 Å². The Morgan fingerprint density at radius 1 is 0.950 bits per heavy atom. The van der Waals surface area contributed by atoms with Crippen molar-refractivity contribution in [1.29, 1.82) is 0 Å². The number of nitrogens with zero attached hydrogens (tertiary/aromatic N) is 2. The third kappa shape index (κ3) is 5.38. The highest BCUT2D eigenvalue weighted by atomic mass is 35.5. The number of hydrogen-bond acceptors (Lipinski definition) is 7. The fourth-order valence-electron chi connectivity index (χ4n) is 4.39. The standard InChI is InChI=1S/C29H22ClN3O5S2/c1-2-38-28(37)17-11-13-19(14-12-17)31-23(34)16-32-22-10-6-4-8-20(22)24(26(32)35)25-27(36)33(29(39)40-25)15-18-7-3-5-9-21(18)30/h3-14H,2,15-16H2,1H3,(H,31,34). The zero-order valence-electron chi connectivity index (χ0n) is 21.2. The van der Waals surface area contributed by atoms with Crippen LogP contribution in [0.1, 0.15) is 28.4 Å². The molecular weight excluding hydrogens is 570 g/mol. The van der Waals surface area contributed by atoms with Crippen molar-refractivity contribution in [3.05, 3.63) is 99.4 Å². The zero-order chi connectivity index (χ0) is 28.4. The molecule has 0 radical (unpaired) electrons. The van der Waals surface area contributed by atoms with Gasteiger partial charge in [-0.25, -0.2) is 4.79 Å². The Bertz CT molecular complexity index is 1590. The molecule has 0 atom stereocenters. The highest BCUT2D eigenvalue weighted by Gasteiger charge is 2.42. The summed E-state index contributed by atoms with van der Waals surface area (Å²) in [4.78, 5) is 55.0. The van der Waals surface area contributed by atoms with Gasteiger partial charge >= 0.3 is 5.97 Å². The molecule has 5 rings (SSSR count). The van der Waals surface area contributed by atoms with Crippen molar-refractivity contribution in [3.63, 3.8) is 0 Å². The lowest BCUT2D eigenvalue weighted by molar-refractivity contribution is -0.122. The number of nitrogens with one attached hydrogen (secondary N) is 1. The van der Waals surface area contributed by atoms with E-state index in [4.69, 9.17) is 28.6 Å². The minimum absolute atomic E-state index is 0.179. The van der Waals surface area contributed by atoms with Crippen LogP contribution >= 0.6 is 35.6 Å². The summed E-state index contributed by atoms with van der Waals surface area (Å²) in [6, 6.07) is 20.4. The average molecular weight is 592 g/mol. The lowest BCUT2D eigenvalue weighted by Crippen LogP contribution is -2.35. The number of rotatable bonds is 7. The quantitative estimate of drug-likeness (QED) is 0.227. The van der Waals surface area contributed by atoms with Crippen LogP contribution in [0, 0.1) is 0 Å². The van der Waals surface area contributed by atoms with Crippen molar-refractivity contribution < 1.29 is 23.9 Å². The van der Waals surface area contributed by atoms with Crippen LogP contribution in [0.25, 0.3) is 5.57 Å². The fourth-order valence-corrected chi connectivity index (χ4v) is 5.91. The molecule has 1 fully saturated rings. The third-order valence-corrected chi connectivity index (χ3v) is 8.08. The minimum atomic E-state index is -0.466. The number of anilines is 2. The van der Waals surface area contributed by atoms with Gasteiger partial charge in [-0.1, -0.05) is 72.0 Å². The predicted molar refractivity (Wildman–Crippen MR) is 159 cm³/mol. The number of esters is 1. The number of amides is 3. The van der Waals surface area contributed by atoms with Gasteiger partial charge in [0.1, 0.15) is 10.9 Å². The van der Waals surface area contributed by atoms with Crippen LogP contribution in [0.4, 0.5) is 11.4 Å². The molecule has 11 heteroatoms. The number of hydrogen-bond donors (Lipinski definition) is 1. The molecular formula is C29H22ClN3O5S2. The normalized spacial score (nSPS) is 16.4.